The third-order valence-corrected chi connectivity index (χ3v) is 2.46. The summed E-state index contributed by atoms with van der Waals surface area (Å²) in [5, 5.41) is 9.32. The van der Waals surface area contributed by atoms with Gasteiger partial charge in [-0.05, 0) is 18.6 Å². The summed E-state index contributed by atoms with van der Waals surface area (Å²) in [5.74, 6) is 0.00802. The fourth-order valence-corrected chi connectivity index (χ4v) is 1.51. The van der Waals surface area contributed by atoms with E-state index in [-0.39, 0.29) is 11.7 Å². The zero-order chi connectivity index (χ0) is 12.1. The molecule has 1 aromatic carbocycles. The summed E-state index contributed by atoms with van der Waals surface area (Å²) in [6.45, 7) is 1.99. The summed E-state index contributed by atoms with van der Waals surface area (Å²) < 4.78 is 0. The highest BCUT2D eigenvalue weighted by atomic mass is 16.3. The third kappa shape index (κ3) is 2.97. The molecule has 0 aliphatic rings. The maximum absolute atomic E-state index is 11.9. The smallest absolute Gasteiger partial charge is 0.243 e. The molecule has 0 fully saturated rings. The lowest BCUT2D eigenvalue weighted by Gasteiger charge is -2.21. The molecule has 0 unspecified atom stereocenters. The topological polar surface area (TPSA) is 66.6 Å². The van der Waals surface area contributed by atoms with Crippen molar-refractivity contribution in [2.75, 3.05) is 11.9 Å². The fraction of sp³-hybridized carbons (Fsp3) is 0.417. The Kier molecular flexibility index (Phi) is 4.31. The van der Waals surface area contributed by atoms with Crippen LogP contribution in [-0.2, 0) is 4.79 Å². The number of nitrogens with two attached hydrogens (primary N) is 1. The molecular weight excluding hydrogens is 204 g/mol. The molecule has 0 saturated carbocycles. The van der Waals surface area contributed by atoms with Gasteiger partial charge in [-0.2, -0.15) is 0 Å². The molecular formula is C12H18N2O2. The summed E-state index contributed by atoms with van der Waals surface area (Å²) in [6.07, 6.45) is 1.54. The van der Waals surface area contributed by atoms with E-state index in [9.17, 15) is 9.90 Å². The van der Waals surface area contributed by atoms with Gasteiger partial charge >= 0.3 is 0 Å². The van der Waals surface area contributed by atoms with Gasteiger partial charge in [-0.1, -0.05) is 19.4 Å². The molecule has 0 radical (unpaired) electrons. The van der Waals surface area contributed by atoms with Crippen molar-refractivity contribution in [2.24, 2.45) is 5.73 Å². The van der Waals surface area contributed by atoms with E-state index in [2.05, 4.69) is 0 Å². The number of carbonyl (C=O) groups excluding carboxylic acids is 1. The van der Waals surface area contributed by atoms with Crippen LogP contribution in [0.3, 0.4) is 0 Å². The Labute approximate surface area is 95.7 Å². The third-order valence-electron chi connectivity index (χ3n) is 2.46. The number of hydrogen-bond acceptors (Lipinski definition) is 3. The van der Waals surface area contributed by atoms with Crippen molar-refractivity contribution in [3.05, 3.63) is 24.3 Å². The van der Waals surface area contributed by atoms with Crippen molar-refractivity contribution >= 4 is 11.6 Å². The first-order chi connectivity index (χ1) is 7.56. The average molecular weight is 222 g/mol. The minimum absolute atomic E-state index is 0.132. The van der Waals surface area contributed by atoms with Crippen LogP contribution in [0.5, 0.6) is 5.75 Å². The Morgan fingerprint density at radius 3 is 2.81 bits per heavy atom. The molecule has 0 aliphatic carbocycles. The largest absolute Gasteiger partial charge is 0.508 e. The minimum Gasteiger partial charge on any atom is -0.508 e. The van der Waals surface area contributed by atoms with Crippen molar-refractivity contribution in [1.29, 1.82) is 0 Å². The molecule has 4 nitrogen and oxygen atoms in total. The highest BCUT2D eigenvalue weighted by Gasteiger charge is 2.18. The highest BCUT2D eigenvalue weighted by Crippen LogP contribution is 2.19. The van der Waals surface area contributed by atoms with Gasteiger partial charge in [0.1, 0.15) is 5.75 Å². The van der Waals surface area contributed by atoms with E-state index in [4.69, 9.17) is 5.73 Å². The number of amides is 1. The van der Waals surface area contributed by atoms with E-state index in [1.807, 2.05) is 6.92 Å². The van der Waals surface area contributed by atoms with Crippen molar-refractivity contribution < 1.29 is 9.90 Å². The van der Waals surface area contributed by atoms with Crippen LogP contribution in [0.25, 0.3) is 0 Å². The van der Waals surface area contributed by atoms with Crippen molar-refractivity contribution in [3.8, 4) is 5.75 Å². The van der Waals surface area contributed by atoms with Gasteiger partial charge in [0.15, 0.2) is 0 Å². The lowest BCUT2D eigenvalue weighted by molar-refractivity contribution is -0.119. The maximum atomic E-state index is 11.9. The van der Waals surface area contributed by atoms with Crippen LogP contribution in [0.1, 0.15) is 19.8 Å². The van der Waals surface area contributed by atoms with E-state index < -0.39 is 6.04 Å². The first kappa shape index (κ1) is 12.5. The molecule has 3 N–H and O–H groups in total. The first-order valence-corrected chi connectivity index (χ1v) is 5.38. The van der Waals surface area contributed by atoms with E-state index >= 15 is 0 Å². The van der Waals surface area contributed by atoms with Gasteiger partial charge in [-0.3, -0.25) is 4.79 Å². The molecule has 0 heterocycles. The van der Waals surface area contributed by atoms with E-state index in [0.29, 0.717) is 12.1 Å². The van der Waals surface area contributed by atoms with Crippen LogP contribution < -0.4 is 10.6 Å². The lowest BCUT2D eigenvalue weighted by Crippen LogP contribution is -2.41. The maximum Gasteiger partial charge on any atom is 0.243 e. The standard InChI is InChI=1S/C12H18N2O2/c1-3-5-11(13)12(16)14(2)9-6-4-7-10(15)8-9/h4,6-8,11,15H,3,5,13H2,1-2H3/t11-/m0/s1. The molecule has 0 aromatic heterocycles. The number of nitrogens with zero attached hydrogens (tertiary/aromatic N) is 1. The van der Waals surface area contributed by atoms with Crippen molar-refractivity contribution in [1.82, 2.24) is 0 Å². The number of hydrogen-bond donors (Lipinski definition) is 2. The Bertz CT molecular complexity index is 366. The number of anilines is 1. The van der Waals surface area contributed by atoms with Crippen LogP contribution in [0, 0.1) is 0 Å². The Balaban J connectivity index is 2.77. The second-order valence-corrected chi connectivity index (χ2v) is 3.81. The number of aromatic hydroxyl groups is 1. The van der Waals surface area contributed by atoms with E-state index in [1.54, 1.807) is 25.2 Å². The zero-order valence-electron chi connectivity index (χ0n) is 9.68. The molecule has 16 heavy (non-hydrogen) atoms. The van der Waals surface area contributed by atoms with Crippen LogP contribution in [-0.4, -0.2) is 24.1 Å². The molecule has 0 aliphatic heterocycles. The van der Waals surface area contributed by atoms with Crippen molar-refractivity contribution in [2.45, 2.75) is 25.8 Å². The summed E-state index contributed by atoms with van der Waals surface area (Å²) in [4.78, 5) is 13.3. The Morgan fingerprint density at radius 2 is 2.25 bits per heavy atom. The van der Waals surface area contributed by atoms with Gasteiger partial charge in [0.25, 0.3) is 0 Å². The fourth-order valence-electron chi connectivity index (χ4n) is 1.51. The highest BCUT2D eigenvalue weighted by molar-refractivity contribution is 5.96. The summed E-state index contributed by atoms with van der Waals surface area (Å²) in [7, 11) is 1.66. The Hall–Kier alpha value is -1.55. The van der Waals surface area contributed by atoms with Gasteiger partial charge < -0.3 is 15.7 Å². The molecule has 1 atom stereocenters. The molecule has 1 rings (SSSR count). The number of rotatable bonds is 4. The molecule has 1 aromatic rings. The molecule has 0 bridgehead atoms. The van der Waals surface area contributed by atoms with Crippen LogP contribution >= 0.6 is 0 Å². The first-order valence-electron chi connectivity index (χ1n) is 5.38. The van der Waals surface area contributed by atoms with Crippen LogP contribution in [0.2, 0.25) is 0 Å². The monoisotopic (exact) mass is 222 g/mol. The number of phenolic OH excluding ortho intramolecular Hbond substituents is 1. The van der Waals surface area contributed by atoms with Gasteiger partial charge in [0, 0.05) is 18.8 Å². The normalized spacial score (nSPS) is 12.2. The summed E-state index contributed by atoms with van der Waals surface area (Å²) in [5.41, 5.74) is 6.40. The second-order valence-electron chi connectivity index (χ2n) is 3.81. The van der Waals surface area contributed by atoms with Crippen molar-refractivity contribution in [3.63, 3.8) is 0 Å². The number of phenols is 1. The predicted molar refractivity (Wildman–Crippen MR) is 64.4 cm³/mol. The van der Waals surface area contributed by atoms with Gasteiger partial charge in [-0.25, -0.2) is 0 Å². The van der Waals surface area contributed by atoms with Crippen LogP contribution in [0.15, 0.2) is 24.3 Å². The number of benzene rings is 1. The zero-order valence-corrected chi connectivity index (χ0v) is 9.68. The lowest BCUT2D eigenvalue weighted by atomic mass is 10.1. The molecule has 0 saturated heterocycles. The van der Waals surface area contributed by atoms with Gasteiger partial charge in [-0.15, -0.1) is 0 Å². The molecule has 88 valence electrons. The number of likely N-dealkylation sites (N-methyl/N-ethyl adjacent to an activating group) is 1. The van der Waals surface area contributed by atoms with Gasteiger partial charge in [0.2, 0.25) is 5.91 Å². The average Bonchev–Trinajstić information content (AvgIpc) is 2.27. The molecule has 1 amide bonds. The van der Waals surface area contributed by atoms with E-state index in [1.165, 1.54) is 11.0 Å². The summed E-state index contributed by atoms with van der Waals surface area (Å²) in [6, 6.07) is 6.08. The van der Waals surface area contributed by atoms with Gasteiger partial charge in [0.05, 0.1) is 6.04 Å². The quantitative estimate of drug-likeness (QED) is 0.811. The minimum atomic E-state index is -0.475. The molecule has 4 heteroatoms. The molecule has 0 spiro atoms. The Morgan fingerprint density at radius 1 is 1.56 bits per heavy atom. The summed E-state index contributed by atoms with van der Waals surface area (Å²) >= 11 is 0. The SMILES string of the molecule is CCC[C@H](N)C(=O)N(C)c1cccc(O)c1. The second kappa shape index (κ2) is 5.51. The number of carbonyl (C=O) groups is 1. The predicted octanol–water partition coefficient (Wildman–Crippen LogP) is 1.48. The van der Waals surface area contributed by atoms with Crippen LogP contribution in [0.4, 0.5) is 5.69 Å². The van der Waals surface area contributed by atoms with E-state index in [0.717, 1.165) is 6.42 Å².